The Morgan fingerprint density at radius 1 is 1.47 bits per heavy atom. The van der Waals surface area contributed by atoms with E-state index < -0.39 is 18.3 Å². The fourth-order valence-corrected chi connectivity index (χ4v) is 2.26. The van der Waals surface area contributed by atoms with E-state index in [9.17, 15) is 18.3 Å². The van der Waals surface area contributed by atoms with Crippen molar-refractivity contribution >= 4 is 0 Å². The van der Waals surface area contributed by atoms with Gasteiger partial charge in [-0.15, -0.1) is 0 Å². The molecule has 0 spiro atoms. The zero-order chi connectivity index (χ0) is 13.3. The van der Waals surface area contributed by atoms with Crippen LogP contribution in [0.15, 0.2) is 11.6 Å². The number of rotatable bonds is 3. The van der Waals surface area contributed by atoms with Gasteiger partial charge in [-0.25, -0.2) is 0 Å². The van der Waals surface area contributed by atoms with Crippen molar-refractivity contribution in [2.24, 2.45) is 17.6 Å². The van der Waals surface area contributed by atoms with Crippen molar-refractivity contribution in [1.82, 2.24) is 0 Å². The molecule has 0 saturated carbocycles. The summed E-state index contributed by atoms with van der Waals surface area (Å²) in [7, 11) is 0. The summed E-state index contributed by atoms with van der Waals surface area (Å²) in [5.41, 5.74) is 2.30. The summed E-state index contributed by atoms with van der Waals surface area (Å²) in [6.07, 6.45) is -1.63. The first-order valence-corrected chi connectivity index (χ1v) is 5.91. The minimum Gasteiger partial charge on any atom is -0.376 e. The SMILES string of the molecule is CC(C)C1CC=C(C(O)(CN)C(F)(F)F)CC1. The smallest absolute Gasteiger partial charge is 0.376 e. The Kier molecular flexibility index (Phi) is 4.25. The van der Waals surface area contributed by atoms with Gasteiger partial charge >= 0.3 is 6.18 Å². The molecule has 0 saturated heterocycles. The third-order valence-corrected chi connectivity index (χ3v) is 3.69. The summed E-state index contributed by atoms with van der Waals surface area (Å²) in [5, 5.41) is 9.69. The average Bonchev–Trinajstić information content (AvgIpc) is 2.26. The van der Waals surface area contributed by atoms with Gasteiger partial charge in [-0.05, 0) is 36.7 Å². The van der Waals surface area contributed by atoms with Crippen LogP contribution in [-0.4, -0.2) is 23.4 Å². The largest absolute Gasteiger partial charge is 0.422 e. The number of allylic oxidation sites excluding steroid dienone is 1. The second-order valence-electron chi connectivity index (χ2n) is 5.07. The van der Waals surface area contributed by atoms with E-state index in [1.165, 1.54) is 6.08 Å². The lowest BCUT2D eigenvalue weighted by atomic mass is 9.77. The molecule has 5 heteroatoms. The van der Waals surface area contributed by atoms with E-state index in [0.29, 0.717) is 24.7 Å². The van der Waals surface area contributed by atoms with Gasteiger partial charge in [0, 0.05) is 6.54 Å². The van der Waals surface area contributed by atoms with Crippen molar-refractivity contribution in [1.29, 1.82) is 0 Å². The van der Waals surface area contributed by atoms with E-state index in [1.54, 1.807) is 0 Å². The van der Waals surface area contributed by atoms with Crippen molar-refractivity contribution < 1.29 is 18.3 Å². The van der Waals surface area contributed by atoms with Gasteiger partial charge in [-0.1, -0.05) is 19.9 Å². The Labute approximate surface area is 99.7 Å². The highest BCUT2D eigenvalue weighted by Crippen LogP contribution is 2.41. The molecule has 2 nitrogen and oxygen atoms in total. The summed E-state index contributed by atoms with van der Waals surface area (Å²) in [5.74, 6) is 0.846. The molecule has 2 atom stereocenters. The van der Waals surface area contributed by atoms with Gasteiger partial charge in [0.15, 0.2) is 5.60 Å². The lowest BCUT2D eigenvalue weighted by molar-refractivity contribution is -0.241. The molecule has 0 heterocycles. The van der Waals surface area contributed by atoms with Crippen LogP contribution in [0, 0.1) is 11.8 Å². The number of alkyl halides is 3. The first kappa shape index (κ1) is 14.5. The molecule has 1 aliphatic rings. The topological polar surface area (TPSA) is 46.2 Å². The molecule has 1 rings (SSSR count). The highest BCUT2D eigenvalue weighted by molar-refractivity contribution is 5.23. The quantitative estimate of drug-likeness (QED) is 0.757. The van der Waals surface area contributed by atoms with Crippen molar-refractivity contribution in [3.05, 3.63) is 11.6 Å². The molecule has 1 aliphatic carbocycles. The highest BCUT2D eigenvalue weighted by Gasteiger charge is 2.55. The standard InChI is InChI=1S/C12H20F3NO/c1-8(2)9-3-5-10(6-4-9)11(17,7-16)12(13,14)15/h5,8-9,17H,3-4,6-7,16H2,1-2H3. The molecule has 0 aromatic heterocycles. The monoisotopic (exact) mass is 251 g/mol. The Morgan fingerprint density at radius 2 is 2.06 bits per heavy atom. The number of hydrogen-bond donors (Lipinski definition) is 2. The fraction of sp³-hybridized carbons (Fsp3) is 0.833. The molecule has 3 N–H and O–H groups in total. The second kappa shape index (κ2) is 4.98. The van der Waals surface area contributed by atoms with Gasteiger partial charge in [-0.3, -0.25) is 0 Å². The maximum absolute atomic E-state index is 12.8. The molecule has 17 heavy (non-hydrogen) atoms. The molecular weight excluding hydrogens is 231 g/mol. The average molecular weight is 251 g/mol. The molecular formula is C12H20F3NO. The zero-order valence-corrected chi connectivity index (χ0v) is 10.2. The van der Waals surface area contributed by atoms with Crippen molar-refractivity contribution in [2.75, 3.05) is 6.54 Å². The molecule has 0 aliphatic heterocycles. The second-order valence-corrected chi connectivity index (χ2v) is 5.07. The predicted molar refractivity (Wildman–Crippen MR) is 60.3 cm³/mol. The van der Waals surface area contributed by atoms with Crippen LogP contribution in [0.3, 0.4) is 0 Å². The van der Waals surface area contributed by atoms with Crippen molar-refractivity contribution in [3.63, 3.8) is 0 Å². The van der Waals surface area contributed by atoms with E-state index in [0.717, 1.165) is 0 Å². The van der Waals surface area contributed by atoms with Crippen LogP contribution in [0.2, 0.25) is 0 Å². The summed E-state index contributed by atoms with van der Waals surface area (Å²) >= 11 is 0. The highest BCUT2D eigenvalue weighted by atomic mass is 19.4. The van der Waals surface area contributed by atoms with Crippen LogP contribution in [0.5, 0.6) is 0 Å². The van der Waals surface area contributed by atoms with Crippen LogP contribution in [-0.2, 0) is 0 Å². The van der Waals surface area contributed by atoms with Gasteiger partial charge in [-0.2, -0.15) is 13.2 Å². The van der Waals surface area contributed by atoms with E-state index in [4.69, 9.17) is 5.73 Å². The third kappa shape index (κ3) is 2.83. The molecule has 100 valence electrons. The lowest BCUT2D eigenvalue weighted by Gasteiger charge is -2.35. The van der Waals surface area contributed by atoms with Gasteiger partial charge < -0.3 is 10.8 Å². The first-order valence-electron chi connectivity index (χ1n) is 5.91. The maximum atomic E-state index is 12.8. The van der Waals surface area contributed by atoms with Crippen molar-refractivity contribution in [2.45, 2.75) is 44.9 Å². The molecule has 0 bridgehead atoms. The minimum absolute atomic E-state index is 0.0319. The number of nitrogens with two attached hydrogens (primary N) is 1. The molecule has 0 amide bonds. The molecule has 0 fully saturated rings. The van der Waals surface area contributed by atoms with Gasteiger partial charge in [0.25, 0.3) is 0 Å². The van der Waals surface area contributed by atoms with Crippen LogP contribution in [0.1, 0.15) is 33.1 Å². The van der Waals surface area contributed by atoms with Crippen molar-refractivity contribution in [3.8, 4) is 0 Å². The van der Waals surface area contributed by atoms with Crippen LogP contribution < -0.4 is 5.73 Å². The lowest BCUT2D eigenvalue weighted by Crippen LogP contribution is -2.53. The molecule has 0 radical (unpaired) electrons. The fourth-order valence-electron chi connectivity index (χ4n) is 2.26. The predicted octanol–water partition coefficient (Wildman–Crippen LogP) is 2.62. The van der Waals surface area contributed by atoms with Crippen LogP contribution >= 0.6 is 0 Å². The summed E-state index contributed by atoms with van der Waals surface area (Å²) < 4.78 is 38.3. The van der Waals surface area contributed by atoms with Gasteiger partial charge in [0.1, 0.15) is 0 Å². The van der Waals surface area contributed by atoms with E-state index in [1.807, 2.05) is 0 Å². The molecule has 2 unspecified atom stereocenters. The summed E-state index contributed by atoms with van der Waals surface area (Å²) in [6.45, 7) is 3.31. The Balaban J connectivity index is 2.87. The molecule has 0 aromatic rings. The van der Waals surface area contributed by atoms with Crippen LogP contribution in [0.4, 0.5) is 13.2 Å². The summed E-state index contributed by atoms with van der Waals surface area (Å²) in [4.78, 5) is 0. The number of halogens is 3. The summed E-state index contributed by atoms with van der Waals surface area (Å²) in [6, 6.07) is 0. The van der Waals surface area contributed by atoms with Crippen LogP contribution in [0.25, 0.3) is 0 Å². The minimum atomic E-state index is -4.70. The number of aliphatic hydroxyl groups is 1. The van der Waals surface area contributed by atoms with E-state index in [-0.39, 0.29) is 12.0 Å². The Hall–Kier alpha value is -0.550. The van der Waals surface area contributed by atoms with Gasteiger partial charge in [0.05, 0.1) is 0 Å². The number of hydrogen-bond acceptors (Lipinski definition) is 2. The first-order chi connectivity index (χ1) is 7.72. The molecule has 0 aromatic carbocycles. The third-order valence-electron chi connectivity index (χ3n) is 3.69. The van der Waals surface area contributed by atoms with E-state index in [2.05, 4.69) is 13.8 Å². The van der Waals surface area contributed by atoms with Gasteiger partial charge in [0.2, 0.25) is 0 Å². The Morgan fingerprint density at radius 3 is 2.35 bits per heavy atom. The van der Waals surface area contributed by atoms with E-state index >= 15 is 0 Å². The normalized spacial score (nSPS) is 25.6. The Bertz CT molecular complexity index is 299. The zero-order valence-electron chi connectivity index (χ0n) is 10.2. The maximum Gasteiger partial charge on any atom is 0.422 e.